The van der Waals surface area contributed by atoms with E-state index < -0.39 is 15.9 Å². The summed E-state index contributed by atoms with van der Waals surface area (Å²) >= 11 is 9.50. The van der Waals surface area contributed by atoms with Gasteiger partial charge in [-0.3, -0.25) is 9.10 Å². The van der Waals surface area contributed by atoms with Gasteiger partial charge in [-0.05, 0) is 76.9 Å². The van der Waals surface area contributed by atoms with E-state index in [1.807, 2.05) is 6.92 Å². The SMILES string of the molecule is Cc1ccc(S(=O)(=O)N(Cc2ccc(Cl)cc2)c2ccccc2C(=O)NN=Cc2cc3c(cc2Br)OCO3)cc1. The lowest BCUT2D eigenvalue weighted by Gasteiger charge is -2.26. The number of nitrogens with zero attached hydrogens (tertiary/aromatic N) is 2. The third kappa shape index (κ3) is 5.99. The molecular weight excluding hydrogens is 618 g/mol. The van der Waals surface area contributed by atoms with Gasteiger partial charge in [0, 0.05) is 15.1 Å². The topological polar surface area (TPSA) is 97.3 Å². The Bertz CT molecular complexity index is 1690. The normalized spacial score (nSPS) is 12.5. The van der Waals surface area contributed by atoms with Crippen LogP contribution in [0.3, 0.4) is 0 Å². The summed E-state index contributed by atoms with van der Waals surface area (Å²) in [5.74, 6) is 0.599. The highest BCUT2D eigenvalue weighted by Gasteiger charge is 2.28. The molecule has 1 aliphatic heterocycles. The van der Waals surface area contributed by atoms with Crippen molar-refractivity contribution in [2.45, 2.75) is 18.4 Å². The van der Waals surface area contributed by atoms with Gasteiger partial charge >= 0.3 is 0 Å². The van der Waals surface area contributed by atoms with E-state index in [1.54, 1.807) is 84.9 Å². The minimum absolute atomic E-state index is 0.0227. The van der Waals surface area contributed by atoms with Crippen molar-refractivity contribution >= 4 is 55.4 Å². The molecule has 0 unspecified atom stereocenters. The van der Waals surface area contributed by atoms with Crippen molar-refractivity contribution in [2.75, 3.05) is 11.1 Å². The fraction of sp³-hybridized carbons (Fsp3) is 0.103. The van der Waals surface area contributed by atoms with E-state index in [0.29, 0.717) is 32.1 Å². The maximum Gasteiger partial charge on any atom is 0.273 e. The molecule has 4 aromatic rings. The summed E-state index contributed by atoms with van der Waals surface area (Å²) in [6.45, 7) is 1.99. The lowest BCUT2D eigenvalue weighted by Crippen LogP contribution is -2.33. The van der Waals surface area contributed by atoms with Crippen LogP contribution >= 0.6 is 27.5 Å². The molecule has 1 aliphatic rings. The smallest absolute Gasteiger partial charge is 0.273 e. The van der Waals surface area contributed by atoms with Crippen LogP contribution in [0.1, 0.15) is 27.0 Å². The highest BCUT2D eigenvalue weighted by Crippen LogP contribution is 2.36. The number of halogens is 2. The molecule has 40 heavy (non-hydrogen) atoms. The molecule has 0 spiro atoms. The van der Waals surface area contributed by atoms with Gasteiger partial charge < -0.3 is 9.47 Å². The van der Waals surface area contributed by atoms with E-state index in [4.69, 9.17) is 21.1 Å². The average molecular weight is 641 g/mol. The molecule has 0 saturated heterocycles. The summed E-state index contributed by atoms with van der Waals surface area (Å²) in [6.07, 6.45) is 1.46. The molecule has 0 radical (unpaired) electrons. The molecule has 0 bridgehead atoms. The maximum atomic E-state index is 13.9. The minimum Gasteiger partial charge on any atom is -0.454 e. The number of fused-ring (bicyclic) bond motifs is 1. The van der Waals surface area contributed by atoms with Gasteiger partial charge in [0.25, 0.3) is 15.9 Å². The molecule has 8 nitrogen and oxygen atoms in total. The van der Waals surface area contributed by atoms with Crippen LogP contribution < -0.4 is 19.2 Å². The van der Waals surface area contributed by atoms with E-state index in [1.165, 1.54) is 10.5 Å². The van der Waals surface area contributed by atoms with Crippen molar-refractivity contribution in [3.63, 3.8) is 0 Å². The number of hydrogen-bond acceptors (Lipinski definition) is 6. The number of ether oxygens (including phenoxy) is 2. The van der Waals surface area contributed by atoms with Crippen LogP contribution in [0.4, 0.5) is 5.69 Å². The van der Waals surface area contributed by atoms with Crippen molar-refractivity contribution in [3.05, 3.63) is 117 Å². The van der Waals surface area contributed by atoms with Crippen LogP contribution in [-0.2, 0) is 16.6 Å². The van der Waals surface area contributed by atoms with E-state index in [-0.39, 0.29) is 29.5 Å². The molecule has 0 fully saturated rings. The first-order chi connectivity index (χ1) is 19.2. The lowest BCUT2D eigenvalue weighted by atomic mass is 10.1. The number of anilines is 1. The van der Waals surface area contributed by atoms with Crippen molar-refractivity contribution in [1.29, 1.82) is 0 Å². The molecule has 0 atom stereocenters. The second kappa shape index (κ2) is 11.7. The van der Waals surface area contributed by atoms with Crippen molar-refractivity contribution in [2.24, 2.45) is 5.10 Å². The standard InChI is InChI=1S/C29H23BrClN3O5S/c1-19-6-12-23(13-7-19)40(36,37)34(17-20-8-10-22(31)11-9-20)26-5-3-2-4-24(26)29(35)33-32-16-21-14-27-28(15-25(21)30)39-18-38-27/h2-16H,17-18H2,1H3,(H,33,35). The van der Waals surface area contributed by atoms with Gasteiger partial charge in [-0.2, -0.15) is 5.10 Å². The lowest BCUT2D eigenvalue weighted by molar-refractivity contribution is 0.0955. The summed E-state index contributed by atoms with van der Waals surface area (Å²) < 4.78 is 40.5. The number of hydrogen-bond donors (Lipinski definition) is 1. The zero-order valence-electron chi connectivity index (χ0n) is 21.2. The number of hydrazone groups is 1. The number of rotatable bonds is 8. The number of nitrogens with one attached hydrogen (secondary N) is 1. The van der Waals surface area contributed by atoms with Crippen molar-refractivity contribution in [1.82, 2.24) is 5.43 Å². The molecule has 204 valence electrons. The van der Waals surface area contributed by atoms with Crippen LogP contribution in [0.5, 0.6) is 11.5 Å². The molecule has 5 rings (SSSR count). The van der Waals surface area contributed by atoms with E-state index in [9.17, 15) is 13.2 Å². The summed E-state index contributed by atoms with van der Waals surface area (Å²) in [5, 5.41) is 4.63. The molecule has 0 aliphatic carbocycles. The fourth-order valence-corrected chi connectivity index (χ4v) is 6.05. The predicted molar refractivity (Wildman–Crippen MR) is 158 cm³/mol. The van der Waals surface area contributed by atoms with Gasteiger partial charge in [-0.1, -0.05) is 53.6 Å². The molecule has 1 heterocycles. The second-order valence-electron chi connectivity index (χ2n) is 8.89. The Morgan fingerprint density at radius 2 is 1.70 bits per heavy atom. The number of carbonyl (C=O) groups is 1. The van der Waals surface area contributed by atoms with Crippen molar-refractivity contribution in [3.8, 4) is 11.5 Å². The van der Waals surface area contributed by atoms with Crippen LogP contribution in [0, 0.1) is 6.92 Å². The Hall–Kier alpha value is -3.86. The Kier molecular flexibility index (Phi) is 8.11. The first kappa shape index (κ1) is 27.7. The van der Waals surface area contributed by atoms with Crippen LogP contribution in [0.15, 0.2) is 99.4 Å². The predicted octanol–water partition coefficient (Wildman–Crippen LogP) is 6.30. The number of sulfonamides is 1. The third-order valence-electron chi connectivity index (χ3n) is 6.13. The van der Waals surface area contributed by atoms with E-state index in [0.717, 1.165) is 5.56 Å². The maximum absolute atomic E-state index is 13.9. The molecule has 0 saturated carbocycles. The number of para-hydroxylation sites is 1. The van der Waals surface area contributed by atoms with E-state index >= 15 is 0 Å². The number of amides is 1. The molecule has 11 heteroatoms. The van der Waals surface area contributed by atoms with Gasteiger partial charge in [-0.25, -0.2) is 13.8 Å². The zero-order valence-corrected chi connectivity index (χ0v) is 24.3. The number of benzene rings is 4. The fourth-order valence-electron chi connectivity index (χ4n) is 4.03. The average Bonchev–Trinajstić information content (AvgIpc) is 3.40. The Labute approximate surface area is 245 Å². The monoisotopic (exact) mass is 639 g/mol. The highest BCUT2D eigenvalue weighted by atomic mass is 79.9. The summed E-state index contributed by atoms with van der Waals surface area (Å²) in [5.41, 5.74) is 5.12. The summed E-state index contributed by atoms with van der Waals surface area (Å²) in [4.78, 5) is 13.4. The van der Waals surface area contributed by atoms with Gasteiger partial charge in [0.1, 0.15) is 0 Å². The van der Waals surface area contributed by atoms with Crippen LogP contribution in [0.25, 0.3) is 0 Å². The van der Waals surface area contributed by atoms with Crippen molar-refractivity contribution < 1.29 is 22.7 Å². The molecule has 0 aromatic heterocycles. The zero-order chi connectivity index (χ0) is 28.3. The van der Waals surface area contributed by atoms with Crippen LogP contribution in [-0.4, -0.2) is 27.3 Å². The molecule has 1 amide bonds. The summed E-state index contributed by atoms with van der Waals surface area (Å²) in [7, 11) is -4.06. The van der Waals surface area contributed by atoms with Gasteiger partial charge in [0.15, 0.2) is 11.5 Å². The summed E-state index contributed by atoms with van der Waals surface area (Å²) in [6, 6.07) is 23.4. The molecule has 4 aromatic carbocycles. The van der Waals surface area contributed by atoms with Gasteiger partial charge in [-0.15, -0.1) is 0 Å². The van der Waals surface area contributed by atoms with Gasteiger partial charge in [0.2, 0.25) is 6.79 Å². The molecular formula is C29H23BrClN3O5S. The minimum atomic E-state index is -4.06. The highest BCUT2D eigenvalue weighted by molar-refractivity contribution is 9.10. The van der Waals surface area contributed by atoms with Gasteiger partial charge in [0.05, 0.1) is 28.9 Å². The number of aryl methyl sites for hydroxylation is 1. The quantitative estimate of drug-likeness (QED) is 0.180. The number of carbonyl (C=O) groups excluding carboxylic acids is 1. The Balaban J connectivity index is 1.47. The van der Waals surface area contributed by atoms with Crippen LogP contribution in [0.2, 0.25) is 5.02 Å². The Morgan fingerprint density at radius 1 is 1.02 bits per heavy atom. The largest absolute Gasteiger partial charge is 0.454 e. The molecule has 1 N–H and O–H groups in total. The Morgan fingerprint density at radius 3 is 2.42 bits per heavy atom. The first-order valence-electron chi connectivity index (χ1n) is 12.1. The first-order valence-corrected chi connectivity index (χ1v) is 14.7. The van der Waals surface area contributed by atoms with E-state index in [2.05, 4.69) is 26.5 Å². The second-order valence-corrected chi connectivity index (χ2v) is 12.0. The third-order valence-corrected chi connectivity index (χ3v) is 8.84.